The number of amides is 1. The molecule has 0 unspecified atom stereocenters. The molecule has 21 heavy (non-hydrogen) atoms. The quantitative estimate of drug-likeness (QED) is 0.948. The molecule has 0 radical (unpaired) electrons. The van der Waals surface area contributed by atoms with Crippen LogP contribution in [0, 0.1) is 19.8 Å². The predicted molar refractivity (Wildman–Crippen MR) is 88.1 cm³/mol. The molecule has 1 fully saturated rings. The maximum Gasteiger partial charge on any atom is 0.226 e. The second-order valence-corrected chi connectivity index (χ2v) is 7.20. The number of nitrogens with zero attached hydrogens (tertiary/aromatic N) is 2. The van der Waals surface area contributed by atoms with Gasteiger partial charge < -0.3 is 10.2 Å². The summed E-state index contributed by atoms with van der Waals surface area (Å²) in [6, 6.07) is 4.56. The van der Waals surface area contributed by atoms with Gasteiger partial charge >= 0.3 is 0 Å². The van der Waals surface area contributed by atoms with Gasteiger partial charge in [-0.2, -0.15) is 0 Å². The summed E-state index contributed by atoms with van der Waals surface area (Å²) in [6.45, 7) is 9.75. The van der Waals surface area contributed by atoms with E-state index in [1.807, 2.05) is 13.8 Å². The fourth-order valence-corrected chi connectivity index (χ4v) is 3.86. The van der Waals surface area contributed by atoms with Gasteiger partial charge in [-0.15, -0.1) is 0 Å². The molecule has 0 aliphatic carbocycles. The highest BCUT2D eigenvalue weighted by atomic mass is 32.1. The van der Waals surface area contributed by atoms with Crippen LogP contribution in [-0.4, -0.2) is 30.0 Å². The molecule has 2 heterocycles. The van der Waals surface area contributed by atoms with E-state index in [0.29, 0.717) is 0 Å². The van der Waals surface area contributed by atoms with Gasteiger partial charge in [0.1, 0.15) is 0 Å². The minimum Gasteiger partial charge on any atom is -0.354 e. The van der Waals surface area contributed by atoms with Crippen LogP contribution in [0.15, 0.2) is 12.1 Å². The van der Waals surface area contributed by atoms with Gasteiger partial charge in [-0.1, -0.05) is 17.4 Å². The first kappa shape index (κ1) is 14.3. The van der Waals surface area contributed by atoms with Crippen molar-refractivity contribution in [2.45, 2.75) is 33.7 Å². The number of aryl methyl sites for hydroxylation is 2. The van der Waals surface area contributed by atoms with E-state index in [9.17, 15) is 4.79 Å². The molecular weight excluding hydrogens is 282 g/mol. The van der Waals surface area contributed by atoms with E-state index in [1.54, 1.807) is 11.3 Å². The molecule has 1 saturated heterocycles. The lowest BCUT2D eigenvalue weighted by Crippen LogP contribution is -2.54. The Kier molecular flexibility index (Phi) is 3.61. The predicted octanol–water partition coefficient (Wildman–Crippen LogP) is 2.87. The maximum atomic E-state index is 11.9. The molecule has 4 nitrogen and oxygen atoms in total. The van der Waals surface area contributed by atoms with Crippen LogP contribution < -0.4 is 10.2 Å². The lowest BCUT2D eigenvalue weighted by atomic mass is 10.00. The fraction of sp³-hybridized carbons (Fsp3) is 0.500. The van der Waals surface area contributed by atoms with Gasteiger partial charge in [-0.25, -0.2) is 4.98 Å². The van der Waals surface area contributed by atoms with Crippen molar-refractivity contribution in [3.05, 3.63) is 23.3 Å². The molecule has 5 heteroatoms. The van der Waals surface area contributed by atoms with Crippen molar-refractivity contribution in [1.29, 1.82) is 0 Å². The molecule has 1 aliphatic rings. The SMILES string of the molecule is Cc1cc(C)c2nc(N3CC(C(=O)NC(C)C)C3)sc2c1. The van der Waals surface area contributed by atoms with E-state index in [-0.39, 0.29) is 17.9 Å². The number of aromatic nitrogens is 1. The first-order valence-corrected chi connectivity index (χ1v) is 8.19. The van der Waals surface area contributed by atoms with Gasteiger partial charge in [0.2, 0.25) is 5.91 Å². The van der Waals surface area contributed by atoms with Crippen LogP contribution in [0.1, 0.15) is 25.0 Å². The number of thiazole rings is 1. The number of hydrogen-bond donors (Lipinski definition) is 1. The molecule has 1 N–H and O–H groups in total. The lowest BCUT2D eigenvalue weighted by Gasteiger charge is -2.38. The van der Waals surface area contributed by atoms with E-state index in [0.717, 1.165) is 23.7 Å². The summed E-state index contributed by atoms with van der Waals surface area (Å²) >= 11 is 1.72. The fourth-order valence-electron chi connectivity index (χ4n) is 2.70. The van der Waals surface area contributed by atoms with Crippen LogP contribution in [0.25, 0.3) is 10.2 Å². The largest absolute Gasteiger partial charge is 0.354 e. The topological polar surface area (TPSA) is 45.2 Å². The van der Waals surface area contributed by atoms with E-state index >= 15 is 0 Å². The number of benzene rings is 1. The van der Waals surface area contributed by atoms with E-state index < -0.39 is 0 Å². The molecule has 3 rings (SSSR count). The average Bonchev–Trinajstić information content (AvgIpc) is 2.69. The third-order valence-electron chi connectivity index (χ3n) is 3.77. The first-order chi connectivity index (χ1) is 9.94. The molecule has 112 valence electrons. The van der Waals surface area contributed by atoms with Crippen molar-refractivity contribution >= 4 is 32.6 Å². The Hall–Kier alpha value is -1.62. The Morgan fingerprint density at radius 1 is 1.38 bits per heavy atom. The minimum absolute atomic E-state index is 0.0993. The maximum absolute atomic E-state index is 11.9. The highest BCUT2D eigenvalue weighted by Crippen LogP contribution is 2.34. The van der Waals surface area contributed by atoms with Crippen LogP contribution in [0.4, 0.5) is 5.13 Å². The first-order valence-electron chi connectivity index (χ1n) is 7.37. The van der Waals surface area contributed by atoms with Gasteiger partial charge in [-0.05, 0) is 44.9 Å². The van der Waals surface area contributed by atoms with Crippen molar-refractivity contribution in [3.8, 4) is 0 Å². The molecule has 1 aromatic carbocycles. The lowest BCUT2D eigenvalue weighted by molar-refractivity contribution is -0.126. The highest BCUT2D eigenvalue weighted by molar-refractivity contribution is 7.22. The monoisotopic (exact) mass is 303 g/mol. The van der Waals surface area contributed by atoms with Gasteiger partial charge in [0.15, 0.2) is 5.13 Å². The molecule has 0 bridgehead atoms. The number of hydrogen-bond acceptors (Lipinski definition) is 4. The molecule has 1 aliphatic heterocycles. The summed E-state index contributed by atoms with van der Waals surface area (Å²) in [5.74, 6) is 0.261. The third kappa shape index (κ3) is 2.75. The van der Waals surface area contributed by atoms with Crippen molar-refractivity contribution < 1.29 is 4.79 Å². The van der Waals surface area contributed by atoms with Crippen LogP contribution in [0.2, 0.25) is 0 Å². The van der Waals surface area contributed by atoms with Crippen molar-refractivity contribution in [1.82, 2.24) is 10.3 Å². The van der Waals surface area contributed by atoms with Crippen molar-refractivity contribution in [3.63, 3.8) is 0 Å². The Bertz CT molecular complexity index is 686. The second-order valence-electron chi connectivity index (χ2n) is 6.19. The van der Waals surface area contributed by atoms with Crippen molar-refractivity contribution in [2.75, 3.05) is 18.0 Å². The third-order valence-corrected chi connectivity index (χ3v) is 4.84. The number of carbonyl (C=O) groups excluding carboxylic acids is 1. The molecule has 2 aromatic rings. The Balaban J connectivity index is 1.73. The summed E-state index contributed by atoms with van der Waals surface area (Å²) in [4.78, 5) is 18.9. The summed E-state index contributed by atoms with van der Waals surface area (Å²) in [5.41, 5.74) is 3.59. The number of nitrogens with one attached hydrogen (secondary N) is 1. The van der Waals surface area contributed by atoms with E-state index in [2.05, 4.69) is 36.2 Å². The Morgan fingerprint density at radius 3 is 2.76 bits per heavy atom. The molecule has 0 atom stereocenters. The smallest absolute Gasteiger partial charge is 0.226 e. The van der Waals surface area contributed by atoms with Crippen molar-refractivity contribution in [2.24, 2.45) is 5.92 Å². The Morgan fingerprint density at radius 2 is 2.10 bits per heavy atom. The zero-order valence-electron chi connectivity index (χ0n) is 12.9. The number of rotatable bonds is 3. The number of carbonyl (C=O) groups is 1. The highest BCUT2D eigenvalue weighted by Gasteiger charge is 2.34. The van der Waals surface area contributed by atoms with E-state index in [4.69, 9.17) is 4.98 Å². The molecular formula is C16H21N3OS. The van der Waals surface area contributed by atoms with Crippen LogP contribution >= 0.6 is 11.3 Å². The Labute approximate surface area is 129 Å². The zero-order chi connectivity index (χ0) is 15.1. The normalized spacial score (nSPS) is 15.6. The molecule has 0 spiro atoms. The summed E-state index contributed by atoms with van der Waals surface area (Å²) in [6.07, 6.45) is 0. The number of fused-ring (bicyclic) bond motifs is 1. The average molecular weight is 303 g/mol. The molecule has 1 aromatic heterocycles. The van der Waals surface area contributed by atoms with Crippen LogP contribution in [0.3, 0.4) is 0 Å². The zero-order valence-corrected chi connectivity index (χ0v) is 13.8. The van der Waals surface area contributed by atoms with E-state index in [1.165, 1.54) is 15.8 Å². The van der Waals surface area contributed by atoms with Gasteiger partial charge in [-0.3, -0.25) is 4.79 Å². The van der Waals surface area contributed by atoms with Crippen LogP contribution in [-0.2, 0) is 4.79 Å². The summed E-state index contributed by atoms with van der Waals surface area (Å²) in [7, 11) is 0. The second kappa shape index (κ2) is 5.30. The van der Waals surface area contributed by atoms with Gasteiger partial charge in [0.05, 0.1) is 16.1 Å². The summed E-state index contributed by atoms with van der Waals surface area (Å²) in [5, 5.41) is 4.01. The van der Waals surface area contributed by atoms with Crippen LogP contribution in [0.5, 0.6) is 0 Å². The van der Waals surface area contributed by atoms with Gasteiger partial charge in [0.25, 0.3) is 0 Å². The number of anilines is 1. The van der Waals surface area contributed by atoms with Gasteiger partial charge in [0, 0.05) is 19.1 Å². The minimum atomic E-state index is 0.0993. The standard InChI is InChI=1S/C16H21N3OS/c1-9(2)17-15(20)12-7-19(8-12)16-18-14-11(4)5-10(3)6-13(14)21-16/h5-6,9,12H,7-8H2,1-4H3,(H,17,20). The molecule has 0 saturated carbocycles. The molecule has 1 amide bonds. The summed E-state index contributed by atoms with van der Waals surface area (Å²) < 4.78 is 1.23.